The number of imide groups is 1. The van der Waals surface area contributed by atoms with Crippen LogP contribution < -0.4 is 16.0 Å². The molecule has 1 saturated carbocycles. The van der Waals surface area contributed by atoms with E-state index in [0.29, 0.717) is 71.4 Å². The molecule has 2 aromatic carbocycles. The lowest BCUT2D eigenvalue weighted by atomic mass is 9.84. The Morgan fingerprint density at radius 3 is 1.91 bits per heavy atom. The van der Waals surface area contributed by atoms with E-state index < -0.39 is 17.7 Å². The number of amides is 5. The van der Waals surface area contributed by atoms with E-state index in [9.17, 15) is 28.8 Å². The highest BCUT2D eigenvalue weighted by Crippen LogP contribution is 2.44. The molecule has 0 aromatic heterocycles. The zero-order chi connectivity index (χ0) is 39.4. The summed E-state index contributed by atoms with van der Waals surface area (Å²) in [6.07, 6.45) is 6.09. The first kappa shape index (κ1) is 43.5. The minimum absolute atomic E-state index is 0.0324. The van der Waals surface area contributed by atoms with E-state index in [-0.39, 0.29) is 71.2 Å². The second-order valence-electron chi connectivity index (χ2n) is 12.9. The van der Waals surface area contributed by atoms with Gasteiger partial charge in [-0.05, 0) is 60.9 Å². The first-order chi connectivity index (χ1) is 26.7. The highest BCUT2D eigenvalue weighted by Gasteiger charge is 2.36. The number of carbonyl (C=O) groups is 6. The number of aldehydes is 1. The van der Waals surface area contributed by atoms with E-state index in [1.54, 1.807) is 30.3 Å². The second kappa shape index (κ2) is 23.7. The van der Waals surface area contributed by atoms with Gasteiger partial charge >= 0.3 is 0 Å². The molecule has 3 atom stereocenters. The van der Waals surface area contributed by atoms with Crippen molar-refractivity contribution in [1.82, 2.24) is 15.5 Å². The summed E-state index contributed by atoms with van der Waals surface area (Å²) in [5, 5.41) is 8.96. The standard InChI is InChI=1S/C39H48Cl2N4O10/c40-32-2-1-3-33(41)38(32)39(51)44-29-7-4-27(5-8-29)30-9-6-28(31(30)26-46)12-15-42-35(48)14-18-52-20-22-54-24-25-55-23-21-53-19-16-43-34(47)13-17-45-36(49)10-11-37(45)50/h1-5,7-8,10-11,26,28,30-31H,6,9,12-25H2,(H,42,48)(H,43,47)(H,44,51). The van der Waals surface area contributed by atoms with Crippen LogP contribution in [0.2, 0.25) is 10.0 Å². The minimum atomic E-state index is -0.411. The van der Waals surface area contributed by atoms with Crippen molar-refractivity contribution in [3.05, 3.63) is 75.8 Å². The zero-order valence-electron chi connectivity index (χ0n) is 30.6. The lowest BCUT2D eigenvalue weighted by Gasteiger charge is -2.20. The third kappa shape index (κ3) is 14.4. The van der Waals surface area contributed by atoms with Crippen molar-refractivity contribution in [1.29, 1.82) is 0 Å². The molecular formula is C39H48Cl2N4O10. The van der Waals surface area contributed by atoms with Gasteiger partial charge in [0.1, 0.15) is 6.29 Å². The highest BCUT2D eigenvalue weighted by molar-refractivity contribution is 6.40. The fourth-order valence-corrected chi connectivity index (χ4v) is 6.96. The van der Waals surface area contributed by atoms with Crippen LogP contribution in [0.1, 0.15) is 53.9 Å². The van der Waals surface area contributed by atoms with Gasteiger partial charge in [0.2, 0.25) is 11.8 Å². The number of benzene rings is 2. The van der Waals surface area contributed by atoms with Gasteiger partial charge in [-0.3, -0.25) is 28.9 Å². The minimum Gasteiger partial charge on any atom is -0.379 e. The number of halogens is 2. The lowest BCUT2D eigenvalue weighted by Crippen LogP contribution is -2.35. The molecule has 1 aliphatic heterocycles. The maximum Gasteiger partial charge on any atom is 0.258 e. The predicted molar refractivity (Wildman–Crippen MR) is 205 cm³/mol. The summed E-state index contributed by atoms with van der Waals surface area (Å²) in [7, 11) is 0. The Hall–Kier alpha value is -4.18. The number of nitrogens with one attached hydrogen (secondary N) is 3. The highest BCUT2D eigenvalue weighted by atomic mass is 35.5. The van der Waals surface area contributed by atoms with Crippen LogP contribution in [0.25, 0.3) is 0 Å². The summed E-state index contributed by atoms with van der Waals surface area (Å²) in [4.78, 5) is 73.0. The largest absolute Gasteiger partial charge is 0.379 e. The second-order valence-corrected chi connectivity index (χ2v) is 13.7. The first-order valence-electron chi connectivity index (χ1n) is 18.4. The quantitative estimate of drug-likeness (QED) is 0.0757. The van der Waals surface area contributed by atoms with Crippen LogP contribution in [0.3, 0.4) is 0 Å². The monoisotopic (exact) mass is 802 g/mol. The molecule has 1 fully saturated rings. The molecule has 0 bridgehead atoms. The van der Waals surface area contributed by atoms with Crippen LogP contribution in [0, 0.1) is 11.8 Å². The summed E-state index contributed by atoms with van der Waals surface area (Å²) in [5.41, 5.74) is 1.83. The molecule has 16 heteroatoms. The van der Waals surface area contributed by atoms with E-state index >= 15 is 0 Å². The summed E-state index contributed by atoms with van der Waals surface area (Å²) in [6.45, 7) is 3.58. The van der Waals surface area contributed by atoms with E-state index in [0.717, 1.165) is 29.6 Å². The third-order valence-electron chi connectivity index (χ3n) is 9.26. The fraction of sp³-hybridized carbons (Fsp3) is 0.487. The molecule has 55 heavy (non-hydrogen) atoms. The van der Waals surface area contributed by atoms with Crippen molar-refractivity contribution in [3.8, 4) is 0 Å². The van der Waals surface area contributed by atoms with Gasteiger partial charge in [0.05, 0.1) is 68.5 Å². The van der Waals surface area contributed by atoms with Gasteiger partial charge in [-0.25, -0.2) is 0 Å². The summed E-state index contributed by atoms with van der Waals surface area (Å²) < 4.78 is 21.8. The average Bonchev–Trinajstić information content (AvgIpc) is 3.73. The number of hydrogen-bond donors (Lipinski definition) is 3. The van der Waals surface area contributed by atoms with Crippen LogP contribution in [0.5, 0.6) is 0 Å². The molecule has 3 unspecified atom stereocenters. The van der Waals surface area contributed by atoms with E-state index in [4.69, 9.17) is 42.1 Å². The molecule has 14 nitrogen and oxygen atoms in total. The molecule has 2 aliphatic rings. The molecule has 4 rings (SSSR count). The van der Waals surface area contributed by atoms with Crippen molar-refractivity contribution in [3.63, 3.8) is 0 Å². The maximum atomic E-state index is 12.7. The molecule has 2 aromatic rings. The van der Waals surface area contributed by atoms with Gasteiger partial charge in [-0.1, -0.05) is 41.4 Å². The van der Waals surface area contributed by atoms with Crippen LogP contribution in [0.15, 0.2) is 54.6 Å². The SMILES string of the molecule is O=CC1C(CCNC(=O)CCOCCOCCOCCOCCNC(=O)CCN2C(=O)C=CC2=O)CCC1c1ccc(NC(=O)c2c(Cl)cccc2Cl)cc1. The molecule has 0 radical (unpaired) electrons. The summed E-state index contributed by atoms with van der Waals surface area (Å²) >= 11 is 12.3. The predicted octanol–water partition coefficient (Wildman–Crippen LogP) is 3.95. The Labute approximate surface area is 330 Å². The maximum absolute atomic E-state index is 12.7. The van der Waals surface area contributed by atoms with Crippen LogP contribution in [-0.2, 0) is 42.9 Å². The van der Waals surface area contributed by atoms with Crippen molar-refractivity contribution in [2.75, 3.05) is 77.8 Å². The number of carbonyl (C=O) groups excluding carboxylic acids is 6. The molecule has 298 valence electrons. The number of ether oxygens (including phenoxy) is 4. The topological polar surface area (TPSA) is 179 Å². The van der Waals surface area contributed by atoms with Crippen molar-refractivity contribution in [2.45, 2.75) is 38.0 Å². The first-order valence-corrected chi connectivity index (χ1v) is 19.1. The van der Waals surface area contributed by atoms with E-state index in [1.165, 1.54) is 12.2 Å². The molecule has 5 amide bonds. The van der Waals surface area contributed by atoms with Crippen LogP contribution in [0.4, 0.5) is 5.69 Å². The number of anilines is 1. The van der Waals surface area contributed by atoms with Gasteiger partial charge in [0.15, 0.2) is 0 Å². The van der Waals surface area contributed by atoms with E-state index in [2.05, 4.69) is 16.0 Å². The Kier molecular flexibility index (Phi) is 18.7. The fourth-order valence-electron chi connectivity index (χ4n) is 6.39. The van der Waals surface area contributed by atoms with Gasteiger partial charge in [-0.15, -0.1) is 0 Å². The van der Waals surface area contributed by atoms with Gasteiger partial charge in [-0.2, -0.15) is 0 Å². The molecule has 1 aliphatic carbocycles. The Balaban J connectivity index is 0.951. The molecular weight excluding hydrogens is 755 g/mol. The zero-order valence-corrected chi connectivity index (χ0v) is 32.1. The third-order valence-corrected chi connectivity index (χ3v) is 9.89. The number of nitrogens with zero attached hydrogens (tertiary/aromatic N) is 1. The molecule has 0 saturated heterocycles. The summed E-state index contributed by atoms with van der Waals surface area (Å²) in [5.74, 6) is -1.55. The van der Waals surface area contributed by atoms with Crippen molar-refractivity contribution < 1.29 is 47.7 Å². The van der Waals surface area contributed by atoms with E-state index in [1.807, 2.05) is 12.1 Å². The van der Waals surface area contributed by atoms with Crippen molar-refractivity contribution in [2.24, 2.45) is 11.8 Å². The Bertz CT molecular complexity index is 1600. The Morgan fingerprint density at radius 2 is 1.29 bits per heavy atom. The van der Waals surface area contributed by atoms with Crippen LogP contribution >= 0.6 is 23.2 Å². The Morgan fingerprint density at radius 1 is 0.727 bits per heavy atom. The summed E-state index contributed by atoms with van der Waals surface area (Å²) in [6, 6.07) is 12.4. The van der Waals surface area contributed by atoms with Crippen LogP contribution in [-0.4, -0.2) is 113 Å². The average molecular weight is 804 g/mol. The smallest absolute Gasteiger partial charge is 0.258 e. The van der Waals surface area contributed by atoms with Gasteiger partial charge < -0.3 is 39.7 Å². The lowest BCUT2D eigenvalue weighted by molar-refractivity contribution is -0.137. The number of hydrogen-bond acceptors (Lipinski definition) is 10. The van der Waals surface area contributed by atoms with Crippen molar-refractivity contribution >= 4 is 64.7 Å². The molecule has 1 heterocycles. The molecule has 3 N–H and O–H groups in total. The van der Waals surface area contributed by atoms with Gasteiger partial charge in [0.25, 0.3) is 17.7 Å². The molecule has 0 spiro atoms. The number of rotatable bonds is 25. The van der Waals surface area contributed by atoms with Gasteiger partial charge in [0, 0.05) is 56.2 Å². The normalized spacial score (nSPS) is 17.8.